The minimum Gasteiger partial charge on any atom is -0.322 e. The number of urea groups is 1. The smallest absolute Gasteiger partial charge is 0.322 e. The van der Waals surface area contributed by atoms with Gasteiger partial charge in [0.2, 0.25) is 0 Å². The molecule has 0 aromatic heterocycles. The number of hydrogen-bond donors (Lipinski definition) is 2. The molecule has 4 rings (SSSR count). The SMILES string of the molecule is N#Cc1cccc(NC(=O)c2cccc(CN3C(=O)Nc4ccc(Cl)cc4S3(=O)=O)c2)c1. The second-order valence-electron chi connectivity index (χ2n) is 6.93. The lowest BCUT2D eigenvalue weighted by atomic mass is 10.1. The standard InChI is InChI=1S/C22H15ClN4O4S/c23-17-7-8-19-20(11-17)32(30,31)27(22(29)26-19)13-15-4-1-5-16(9-15)21(28)25-18-6-2-3-14(10-18)12-24/h1-11H,13H2,(H,25,28)(H,26,29). The van der Waals surface area contributed by atoms with Crippen LogP contribution in [0.5, 0.6) is 0 Å². The lowest BCUT2D eigenvalue weighted by Crippen LogP contribution is -2.43. The molecule has 1 heterocycles. The van der Waals surface area contributed by atoms with Crippen molar-refractivity contribution in [1.29, 1.82) is 5.26 Å². The van der Waals surface area contributed by atoms with Crippen molar-refractivity contribution in [3.63, 3.8) is 0 Å². The van der Waals surface area contributed by atoms with E-state index in [-0.39, 0.29) is 27.7 Å². The van der Waals surface area contributed by atoms with Crippen LogP contribution >= 0.6 is 11.6 Å². The Bertz CT molecular complexity index is 1400. The summed E-state index contributed by atoms with van der Waals surface area (Å²) in [4.78, 5) is 25.0. The zero-order valence-electron chi connectivity index (χ0n) is 16.4. The number of nitrogens with zero attached hydrogens (tertiary/aromatic N) is 2. The van der Waals surface area contributed by atoms with Gasteiger partial charge in [0.15, 0.2) is 0 Å². The topological polar surface area (TPSA) is 119 Å². The number of carbonyl (C=O) groups is 2. The van der Waals surface area contributed by atoms with Crippen LogP contribution in [0.2, 0.25) is 5.02 Å². The molecule has 0 unspecified atom stereocenters. The van der Waals surface area contributed by atoms with Gasteiger partial charge in [-0.3, -0.25) is 4.79 Å². The highest BCUT2D eigenvalue weighted by Crippen LogP contribution is 2.33. The minimum absolute atomic E-state index is 0.101. The van der Waals surface area contributed by atoms with Crippen molar-refractivity contribution in [2.45, 2.75) is 11.4 Å². The van der Waals surface area contributed by atoms with E-state index in [0.29, 0.717) is 21.1 Å². The normalized spacial score (nSPS) is 14.1. The molecule has 3 amide bonds. The first-order valence-corrected chi connectivity index (χ1v) is 11.1. The Labute approximate surface area is 189 Å². The molecule has 3 aromatic carbocycles. The van der Waals surface area contributed by atoms with Gasteiger partial charge in [-0.15, -0.1) is 0 Å². The zero-order valence-corrected chi connectivity index (χ0v) is 17.9. The van der Waals surface area contributed by atoms with Crippen LogP contribution in [0.15, 0.2) is 71.6 Å². The summed E-state index contributed by atoms with van der Waals surface area (Å²) < 4.78 is 26.7. The lowest BCUT2D eigenvalue weighted by molar-refractivity contribution is 0.102. The van der Waals surface area contributed by atoms with Crippen LogP contribution in [0.3, 0.4) is 0 Å². The first-order chi connectivity index (χ1) is 15.3. The number of anilines is 2. The Morgan fingerprint density at radius 1 is 1.09 bits per heavy atom. The van der Waals surface area contributed by atoms with Crippen molar-refractivity contribution in [3.05, 3.63) is 88.4 Å². The molecule has 0 spiro atoms. The first kappa shape index (κ1) is 21.4. The average Bonchev–Trinajstić information content (AvgIpc) is 2.78. The summed E-state index contributed by atoms with van der Waals surface area (Å²) in [6.07, 6.45) is 0. The average molecular weight is 467 g/mol. The molecule has 0 saturated carbocycles. The van der Waals surface area contributed by atoms with Crippen LogP contribution in [-0.2, 0) is 16.6 Å². The van der Waals surface area contributed by atoms with Gasteiger partial charge >= 0.3 is 6.03 Å². The molecule has 10 heteroatoms. The molecular weight excluding hydrogens is 452 g/mol. The number of fused-ring (bicyclic) bond motifs is 1. The molecule has 3 aromatic rings. The molecule has 0 fully saturated rings. The number of amides is 3. The summed E-state index contributed by atoms with van der Waals surface area (Å²) in [5.74, 6) is -0.440. The maximum absolute atomic E-state index is 13.0. The quantitative estimate of drug-likeness (QED) is 0.597. The molecule has 8 nitrogen and oxygen atoms in total. The van der Waals surface area contributed by atoms with Gasteiger partial charge in [-0.2, -0.15) is 5.26 Å². The summed E-state index contributed by atoms with van der Waals surface area (Å²) in [5, 5.41) is 14.4. The van der Waals surface area contributed by atoms with Gasteiger partial charge in [0.05, 0.1) is 23.9 Å². The van der Waals surface area contributed by atoms with E-state index in [0.717, 1.165) is 0 Å². The van der Waals surface area contributed by atoms with Crippen molar-refractivity contribution in [2.75, 3.05) is 10.6 Å². The number of nitrogens with one attached hydrogen (secondary N) is 2. The lowest BCUT2D eigenvalue weighted by Gasteiger charge is -2.29. The van der Waals surface area contributed by atoms with Crippen LogP contribution in [0.4, 0.5) is 16.2 Å². The molecule has 0 aliphatic carbocycles. The van der Waals surface area contributed by atoms with Crippen molar-refractivity contribution in [2.24, 2.45) is 0 Å². The van der Waals surface area contributed by atoms with Crippen LogP contribution in [0.25, 0.3) is 0 Å². The fourth-order valence-corrected chi connectivity index (χ4v) is 4.95. The van der Waals surface area contributed by atoms with Crippen LogP contribution in [-0.4, -0.2) is 24.7 Å². The monoisotopic (exact) mass is 466 g/mol. The number of sulfonamides is 1. The zero-order chi connectivity index (χ0) is 22.9. The number of nitriles is 1. The molecule has 0 saturated heterocycles. The largest absolute Gasteiger partial charge is 0.336 e. The van der Waals surface area contributed by atoms with Gasteiger partial charge in [-0.1, -0.05) is 29.8 Å². The third kappa shape index (κ3) is 4.14. The summed E-state index contributed by atoms with van der Waals surface area (Å²) in [6, 6.07) is 18.1. The molecule has 32 heavy (non-hydrogen) atoms. The maximum Gasteiger partial charge on any atom is 0.336 e. The van der Waals surface area contributed by atoms with Crippen LogP contribution in [0, 0.1) is 11.3 Å². The van der Waals surface area contributed by atoms with E-state index in [2.05, 4.69) is 10.6 Å². The maximum atomic E-state index is 13.0. The number of benzene rings is 3. The molecule has 2 N–H and O–H groups in total. The third-order valence-electron chi connectivity index (χ3n) is 4.74. The van der Waals surface area contributed by atoms with Gasteiger partial charge < -0.3 is 10.6 Å². The Morgan fingerprint density at radius 3 is 2.66 bits per heavy atom. The molecule has 160 valence electrons. The van der Waals surface area contributed by atoms with E-state index in [4.69, 9.17) is 16.9 Å². The Hall–Kier alpha value is -3.87. The summed E-state index contributed by atoms with van der Waals surface area (Å²) in [5.41, 5.74) is 1.71. The Morgan fingerprint density at radius 2 is 1.88 bits per heavy atom. The van der Waals surface area contributed by atoms with E-state index in [1.807, 2.05) is 6.07 Å². The molecule has 1 aliphatic rings. The highest BCUT2D eigenvalue weighted by Gasteiger charge is 2.36. The Kier molecular flexibility index (Phi) is 5.57. The third-order valence-corrected chi connectivity index (χ3v) is 6.75. The van der Waals surface area contributed by atoms with E-state index in [1.165, 1.54) is 30.3 Å². The van der Waals surface area contributed by atoms with Gasteiger partial charge in [-0.25, -0.2) is 17.5 Å². The number of halogens is 1. The van der Waals surface area contributed by atoms with Crippen LogP contribution in [0.1, 0.15) is 21.5 Å². The van der Waals surface area contributed by atoms with Gasteiger partial charge in [0, 0.05) is 16.3 Å². The second-order valence-corrected chi connectivity index (χ2v) is 9.20. The molecule has 0 bridgehead atoms. The highest BCUT2D eigenvalue weighted by molar-refractivity contribution is 7.90. The van der Waals surface area contributed by atoms with Crippen molar-refractivity contribution >= 4 is 44.9 Å². The molecule has 0 radical (unpaired) electrons. The molecule has 1 aliphatic heterocycles. The fraction of sp³-hybridized carbons (Fsp3) is 0.0455. The van der Waals surface area contributed by atoms with Crippen molar-refractivity contribution in [1.82, 2.24) is 4.31 Å². The van der Waals surface area contributed by atoms with Gasteiger partial charge in [0.25, 0.3) is 15.9 Å². The van der Waals surface area contributed by atoms with E-state index in [1.54, 1.807) is 36.4 Å². The Balaban J connectivity index is 1.58. The van der Waals surface area contributed by atoms with Crippen molar-refractivity contribution < 1.29 is 18.0 Å². The van der Waals surface area contributed by atoms with Crippen LogP contribution < -0.4 is 10.6 Å². The number of hydrogen-bond acceptors (Lipinski definition) is 5. The van der Waals surface area contributed by atoms with Gasteiger partial charge in [-0.05, 0) is 54.1 Å². The van der Waals surface area contributed by atoms with E-state index in [9.17, 15) is 18.0 Å². The number of rotatable bonds is 4. The summed E-state index contributed by atoms with van der Waals surface area (Å²) >= 11 is 5.93. The second kappa shape index (κ2) is 8.34. The van der Waals surface area contributed by atoms with E-state index < -0.39 is 22.0 Å². The summed E-state index contributed by atoms with van der Waals surface area (Å²) in [6.45, 7) is -0.273. The van der Waals surface area contributed by atoms with E-state index >= 15 is 0 Å². The number of carbonyl (C=O) groups excluding carboxylic acids is 2. The van der Waals surface area contributed by atoms with Crippen molar-refractivity contribution in [3.8, 4) is 6.07 Å². The highest BCUT2D eigenvalue weighted by atomic mass is 35.5. The minimum atomic E-state index is -4.14. The summed E-state index contributed by atoms with van der Waals surface area (Å²) in [7, 11) is -4.14. The van der Waals surface area contributed by atoms with Gasteiger partial charge in [0.1, 0.15) is 4.90 Å². The molecule has 0 atom stereocenters. The first-order valence-electron chi connectivity index (χ1n) is 9.32. The predicted octanol–water partition coefficient (Wildman–Crippen LogP) is 4.20. The molecular formula is C22H15ClN4O4S. The fourth-order valence-electron chi connectivity index (χ4n) is 3.22. The predicted molar refractivity (Wildman–Crippen MR) is 119 cm³/mol.